The van der Waals surface area contributed by atoms with E-state index in [4.69, 9.17) is 11.5 Å². The van der Waals surface area contributed by atoms with Crippen molar-refractivity contribution in [2.24, 2.45) is 0 Å². The zero-order valence-electron chi connectivity index (χ0n) is 8.18. The van der Waals surface area contributed by atoms with Crippen LogP contribution in [0.3, 0.4) is 0 Å². The number of aromatic hydroxyl groups is 1. The van der Waals surface area contributed by atoms with E-state index in [0.717, 1.165) is 25.9 Å². The average molecular weight is 211 g/mol. The molecule has 1 saturated heterocycles. The molecule has 1 aliphatic rings. The summed E-state index contributed by atoms with van der Waals surface area (Å²) in [5.41, 5.74) is 10.8. The van der Waals surface area contributed by atoms with Crippen LogP contribution in [0.2, 0.25) is 0 Å². The molecule has 5 N–H and O–H groups in total. The molecule has 7 heteroatoms. The van der Waals surface area contributed by atoms with Crippen molar-refractivity contribution in [3.8, 4) is 5.88 Å². The van der Waals surface area contributed by atoms with Gasteiger partial charge in [0.05, 0.1) is 13.1 Å². The molecule has 0 bridgehead atoms. The van der Waals surface area contributed by atoms with Crippen molar-refractivity contribution < 1.29 is 9.84 Å². The van der Waals surface area contributed by atoms with E-state index in [2.05, 4.69) is 4.98 Å². The van der Waals surface area contributed by atoms with Crippen LogP contribution >= 0.6 is 0 Å². The van der Waals surface area contributed by atoms with Crippen molar-refractivity contribution in [1.29, 1.82) is 0 Å². The standard InChI is InChI=1S/C8H13N5O2/c9-5-6(10)13(15)8(7(14)11-5)12-3-1-2-4-12/h1-4,10H2,(H3,9,11,14). The third-order valence-electron chi connectivity index (χ3n) is 2.51. The fourth-order valence-corrected chi connectivity index (χ4v) is 1.73. The summed E-state index contributed by atoms with van der Waals surface area (Å²) in [5.74, 6) is -0.585. The van der Waals surface area contributed by atoms with Crippen LogP contribution in [-0.4, -0.2) is 23.2 Å². The molecular formula is C8H13N5O2. The van der Waals surface area contributed by atoms with Crippen molar-refractivity contribution >= 4 is 17.5 Å². The molecule has 2 rings (SSSR count). The number of hydrogen-bond acceptors (Lipinski definition) is 6. The lowest BCUT2D eigenvalue weighted by atomic mass is 10.4. The number of aromatic nitrogens is 2. The summed E-state index contributed by atoms with van der Waals surface area (Å²) in [6, 6.07) is 0. The second-order valence-electron chi connectivity index (χ2n) is 3.52. The molecule has 0 radical (unpaired) electrons. The number of anilines is 3. The molecule has 82 valence electrons. The van der Waals surface area contributed by atoms with Gasteiger partial charge in [0, 0.05) is 0 Å². The molecule has 0 aliphatic carbocycles. The van der Waals surface area contributed by atoms with Crippen LogP contribution in [0.4, 0.5) is 17.5 Å². The van der Waals surface area contributed by atoms with Gasteiger partial charge in [-0.3, -0.25) is 4.90 Å². The highest BCUT2D eigenvalue weighted by atomic mass is 16.5. The van der Waals surface area contributed by atoms with Crippen LogP contribution in [-0.2, 0) is 0 Å². The van der Waals surface area contributed by atoms with E-state index in [-0.39, 0.29) is 23.3 Å². The van der Waals surface area contributed by atoms with Gasteiger partial charge in [-0.2, -0.15) is 4.98 Å². The molecule has 2 heterocycles. The zero-order valence-corrected chi connectivity index (χ0v) is 8.18. The summed E-state index contributed by atoms with van der Waals surface area (Å²) in [5, 5.41) is 21.2. The molecule has 15 heavy (non-hydrogen) atoms. The van der Waals surface area contributed by atoms with Gasteiger partial charge in [-0.05, 0) is 12.8 Å². The predicted molar refractivity (Wildman–Crippen MR) is 55.1 cm³/mol. The maximum absolute atomic E-state index is 11.7. The normalized spacial score (nSPS) is 15.9. The van der Waals surface area contributed by atoms with Crippen molar-refractivity contribution in [1.82, 2.24) is 4.98 Å². The molecule has 0 atom stereocenters. The first-order chi connectivity index (χ1) is 7.11. The van der Waals surface area contributed by atoms with Gasteiger partial charge in [0.2, 0.25) is 5.82 Å². The van der Waals surface area contributed by atoms with Crippen molar-refractivity contribution in [3.63, 3.8) is 0 Å². The molecule has 0 amide bonds. The minimum atomic E-state index is -0.362. The summed E-state index contributed by atoms with van der Waals surface area (Å²) in [7, 11) is 0. The average Bonchev–Trinajstić information content (AvgIpc) is 2.68. The molecule has 1 aromatic rings. The Kier molecular flexibility index (Phi) is 2.14. The summed E-state index contributed by atoms with van der Waals surface area (Å²) < 4.78 is 0.434. The molecule has 1 aliphatic heterocycles. The smallest absolute Gasteiger partial charge is 0.288 e. The van der Waals surface area contributed by atoms with E-state index >= 15 is 0 Å². The minimum absolute atomic E-state index is 0.0965. The lowest BCUT2D eigenvalue weighted by Crippen LogP contribution is -2.40. The first-order valence-corrected chi connectivity index (χ1v) is 4.73. The van der Waals surface area contributed by atoms with Crippen molar-refractivity contribution in [2.45, 2.75) is 12.8 Å². The molecule has 1 fully saturated rings. The van der Waals surface area contributed by atoms with E-state index in [0.29, 0.717) is 4.73 Å². The third-order valence-corrected chi connectivity index (χ3v) is 2.51. The minimum Gasteiger partial charge on any atom is -0.740 e. The highest BCUT2D eigenvalue weighted by Crippen LogP contribution is 2.26. The Morgan fingerprint density at radius 2 is 1.93 bits per heavy atom. The second-order valence-corrected chi connectivity index (χ2v) is 3.52. The first kappa shape index (κ1) is 9.63. The summed E-state index contributed by atoms with van der Waals surface area (Å²) in [6.45, 7) is 1.45. The van der Waals surface area contributed by atoms with E-state index in [1.165, 1.54) is 0 Å². The van der Waals surface area contributed by atoms with Crippen LogP contribution in [0.15, 0.2) is 0 Å². The van der Waals surface area contributed by atoms with E-state index in [1.807, 2.05) is 0 Å². The molecular weight excluding hydrogens is 198 g/mol. The summed E-state index contributed by atoms with van der Waals surface area (Å²) in [4.78, 5) is 5.38. The fraction of sp³-hybridized carbons (Fsp3) is 0.500. The Morgan fingerprint density at radius 1 is 1.33 bits per heavy atom. The first-order valence-electron chi connectivity index (χ1n) is 4.73. The Hall–Kier alpha value is -1.92. The van der Waals surface area contributed by atoms with Gasteiger partial charge in [0.25, 0.3) is 17.5 Å². The SMILES string of the molecule is Nc1nc(O)c(N2CCCC2)[n+]([O-])c1N. The zero-order chi connectivity index (χ0) is 11.0. The number of nitrogens with zero attached hydrogens (tertiary/aromatic N) is 3. The van der Waals surface area contributed by atoms with Crippen LogP contribution in [0, 0.1) is 5.21 Å². The molecule has 1 aromatic heterocycles. The fourth-order valence-electron chi connectivity index (χ4n) is 1.73. The van der Waals surface area contributed by atoms with Gasteiger partial charge >= 0.3 is 0 Å². The summed E-state index contributed by atoms with van der Waals surface area (Å²) in [6.07, 6.45) is 1.98. The number of nitrogen functional groups attached to an aromatic ring is 2. The maximum atomic E-state index is 11.7. The highest BCUT2D eigenvalue weighted by Gasteiger charge is 2.26. The van der Waals surface area contributed by atoms with Gasteiger partial charge < -0.3 is 21.8 Å². The molecule has 0 unspecified atom stereocenters. The lowest BCUT2D eigenvalue weighted by Gasteiger charge is -2.20. The Balaban J connectivity index is 2.50. The molecule has 0 aromatic carbocycles. The van der Waals surface area contributed by atoms with Crippen molar-refractivity contribution in [3.05, 3.63) is 5.21 Å². The van der Waals surface area contributed by atoms with Gasteiger partial charge in [0.1, 0.15) is 0 Å². The monoisotopic (exact) mass is 211 g/mol. The quantitative estimate of drug-likeness (QED) is 0.413. The summed E-state index contributed by atoms with van der Waals surface area (Å²) >= 11 is 0. The number of nitrogens with two attached hydrogens (primary N) is 2. The van der Waals surface area contributed by atoms with Crippen LogP contribution in [0.1, 0.15) is 12.8 Å². The Morgan fingerprint density at radius 3 is 2.53 bits per heavy atom. The molecule has 0 saturated carbocycles. The van der Waals surface area contributed by atoms with Gasteiger partial charge in [-0.1, -0.05) is 0 Å². The Bertz CT molecular complexity index is 389. The lowest BCUT2D eigenvalue weighted by molar-refractivity contribution is -0.576. The molecule has 7 nitrogen and oxygen atoms in total. The van der Waals surface area contributed by atoms with Crippen molar-refractivity contribution in [2.75, 3.05) is 29.5 Å². The van der Waals surface area contributed by atoms with Gasteiger partial charge in [-0.25, -0.2) is 4.73 Å². The van der Waals surface area contributed by atoms with Gasteiger partial charge in [-0.15, -0.1) is 0 Å². The van der Waals surface area contributed by atoms with Crippen LogP contribution in [0.5, 0.6) is 5.88 Å². The Labute approximate surface area is 86.5 Å². The third kappa shape index (κ3) is 1.45. The predicted octanol–water partition coefficient (Wildman–Crippen LogP) is -0.815. The number of hydrogen-bond donors (Lipinski definition) is 3. The van der Waals surface area contributed by atoms with E-state index in [1.54, 1.807) is 4.90 Å². The van der Waals surface area contributed by atoms with E-state index < -0.39 is 0 Å². The van der Waals surface area contributed by atoms with Crippen LogP contribution < -0.4 is 21.1 Å². The topological polar surface area (TPSA) is 115 Å². The maximum Gasteiger partial charge on any atom is 0.288 e. The molecule has 0 spiro atoms. The van der Waals surface area contributed by atoms with Gasteiger partial charge in [0.15, 0.2) is 0 Å². The van der Waals surface area contributed by atoms with E-state index in [9.17, 15) is 10.3 Å². The van der Waals surface area contributed by atoms with Crippen LogP contribution in [0.25, 0.3) is 0 Å². The number of rotatable bonds is 1. The highest BCUT2D eigenvalue weighted by molar-refractivity contribution is 5.55. The largest absolute Gasteiger partial charge is 0.740 e. The second kappa shape index (κ2) is 3.34.